The quantitative estimate of drug-likeness (QED) is 0.644. The average Bonchev–Trinajstić information content (AvgIpc) is 2.08. The Kier molecular flexibility index (Phi) is 4.28. The minimum Gasteiger partial charge on any atom is -0.480 e. The molecule has 0 heterocycles. The fourth-order valence-electron chi connectivity index (χ4n) is 1.66. The third-order valence-corrected chi connectivity index (χ3v) is 2.71. The fourth-order valence-corrected chi connectivity index (χ4v) is 1.66. The number of hydrogen-bond acceptors (Lipinski definition) is 3. The van der Waals surface area contributed by atoms with Gasteiger partial charge < -0.3 is 15.7 Å². The Labute approximate surface area is 93.4 Å². The Bertz CT molecular complexity index is 283. The van der Waals surface area contributed by atoms with Gasteiger partial charge in [-0.15, -0.1) is 0 Å². The third kappa shape index (κ3) is 3.88. The first-order chi connectivity index (χ1) is 7.49. The summed E-state index contributed by atoms with van der Waals surface area (Å²) in [6.07, 6.45) is 3.44. The molecule has 90 valence electrons. The molecule has 0 atom stereocenters. The molecule has 0 saturated heterocycles. The summed E-state index contributed by atoms with van der Waals surface area (Å²) < 4.78 is 0. The van der Waals surface area contributed by atoms with Gasteiger partial charge in [-0.05, 0) is 18.8 Å². The Morgan fingerprint density at radius 2 is 1.88 bits per heavy atom. The highest BCUT2D eigenvalue weighted by atomic mass is 16.4. The molecule has 0 bridgehead atoms. The van der Waals surface area contributed by atoms with Gasteiger partial charge in [0, 0.05) is 6.42 Å². The summed E-state index contributed by atoms with van der Waals surface area (Å²) in [6, 6.07) is 0. The van der Waals surface area contributed by atoms with E-state index in [1.165, 1.54) is 0 Å². The average molecular weight is 228 g/mol. The lowest BCUT2D eigenvalue weighted by Gasteiger charge is -2.27. The maximum atomic E-state index is 11.7. The molecule has 3 N–H and O–H groups in total. The third-order valence-electron chi connectivity index (χ3n) is 2.71. The Morgan fingerprint density at radius 3 is 2.25 bits per heavy atom. The van der Waals surface area contributed by atoms with E-state index >= 15 is 0 Å². The minimum absolute atomic E-state index is 0.300. The molecule has 0 aromatic carbocycles. The number of nitrogens with two attached hydrogens (primary N) is 1. The van der Waals surface area contributed by atoms with Crippen LogP contribution in [0.4, 0.5) is 0 Å². The normalized spacial score (nSPS) is 15.2. The molecule has 0 spiro atoms. The van der Waals surface area contributed by atoms with Gasteiger partial charge in [-0.25, -0.2) is 0 Å². The maximum Gasteiger partial charge on any atom is 0.323 e. The zero-order chi connectivity index (χ0) is 12.1. The van der Waals surface area contributed by atoms with Gasteiger partial charge >= 0.3 is 5.97 Å². The van der Waals surface area contributed by atoms with Crippen LogP contribution in [0, 0.1) is 5.92 Å². The topological polar surface area (TPSA) is 101 Å². The monoisotopic (exact) mass is 228 g/mol. The van der Waals surface area contributed by atoms with Crippen LogP contribution in [-0.2, 0) is 14.4 Å². The van der Waals surface area contributed by atoms with Crippen molar-refractivity contribution in [3.8, 4) is 0 Å². The maximum absolute atomic E-state index is 11.7. The van der Waals surface area contributed by atoms with E-state index in [2.05, 4.69) is 0 Å². The van der Waals surface area contributed by atoms with E-state index in [9.17, 15) is 14.4 Å². The number of rotatable bonds is 6. The van der Waals surface area contributed by atoms with Crippen LogP contribution in [0.25, 0.3) is 0 Å². The SMILES string of the molecule is NC(=O)CN(CC(=O)O)C(=O)CC1CCC1. The smallest absolute Gasteiger partial charge is 0.323 e. The van der Waals surface area contributed by atoms with Crippen LogP contribution in [0.3, 0.4) is 0 Å². The number of carbonyl (C=O) groups is 3. The van der Waals surface area contributed by atoms with Crippen LogP contribution in [0.1, 0.15) is 25.7 Å². The summed E-state index contributed by atoms with van der Waals surface area (Å²) in [5, 5.41) is 8.60. The number of aliphatic carboxylic acids is 1. The number of primary amides is 1. The first-order valence-electron chi connectivity index (χ1n) is 5.27. The van der Waals surface area contributed by atoms with Gasteiger partial charge in [-0.1, -0.05) is 6.42 Å². The molecule has 1 aliphatic rings. The number of hydrogen-bond donors (Lipinski definition) is 2. The number of carboxylic acids is 1. The summed E-state index contributed by atoms with van der Waals surface area (Å²) in [5.41, 5.74) is 4.96. The number of nitrogens with zero attached hydrogens (tertiary/aromatic N) is 1. The van der Waals surface area contributed by atoms with E-state index in [1.54, 1.807) is 0 Å². The van der Waals surface area contributed by atoms with Crippen molar-refractivity contribution in [3.63, 3.8) is 0 Å². The molecule has 1 aliphatic carbocycles. The number of carboxylic acid groups (broad SMARTS) is 1. The highest BCUT2D eigenvalue weighted by molar-refractivity contribution is 5.86. The van der Waals surface area contributed by atoms with E-state index < -0.39 is 18.4 Å². The molecule has 0 unspecified atom stereocenters. The van der Waals surface area contributed by atoms with E-state index in [-0.39, 0.29) is 12.5 Å². The molecule has 0 radical (unpaired) electrons. The molecule has 6 nitrogen and oxygen atoms in total. The summed E-state index contributed by atoms with van der Waals surface area (Å²) in [5.74, 6) is -1.78. The molecular weight excluding hydrogens is 212 g/mol. The molecule has 2 amide bonds. The van der Waals surface area contributed by atoms with Gasteiger partial charge in [-0.2, -0.15) is 0 Å². The zero-order valence-corrected chi connectivity index (χ0v) is 9.02. The second kappa shape index (κ2) is 5.48. The molecule has 1 rings (SSSR count). The predicted octanol–water partition coefficient (Wildman–Crippen LogP) is -0.425. The van der Waals surface area contributed by atoms with Crippen LogP contribution < -0.4 is 5.73 Å². The Morgan fingerprint density at radius 1 is 1.25 bits per heavy atom. The van der Waals surface area contributed by atoms with E-state index in [4.69, 9.17) is 10.8 Å². The molecule has 0 aromatic heterocycles. The van der Waals surface area contributed by atoms with Crippen LogP contribution >= 0.6 is 0 Å². The predicted molar refractivity (Wildman–Crippen MR) is 55.4 cm³/mol. The molecule has 1 saturated carbocycles. The van der Waals surface area contributed by atoms with Crippen LogP contribution in [0.2, 0.25) is 0 Å². The lowest BCUT2D eigenvalue weighted by molar-refractivity contribution is -0.146. The summed E-state index contributed by atoms with van der Waals surface area (Å²) in [4.78, 5) is 33.9. The van der Waals surface area contributed by atoms with Crippen molar-refractivity contribution >= 4 is 17.8 Å². The lowest BCUT2D eigenvalue weighted by atomic mass is 9.82. The van der Waals surface area contributed by atoms with E-state index in [1.807, 2.05) is 0 Å². The fraction of sp³-hybridized carbons (Fsp3) is 0.700. The van der Waals surface area contributed by atoms with Crippen molar-refractivity contribution in [3.05, 3.63) is 0 Å². The Balaban J connectivity index is 2.48. The summed E-state index contributed by atoms with van der Waals surface area (Å²) >= 11 is 0. The minimum atomic E-state index is -1.14. The molecular formula is C10H16N2O4. The second-order valence-corrected chi connectivity index (χ2v) is 4.11. The van der Waals surface area contributed by atoms with Crippen molar-refractivity contribution in [1.82, 2.24) is 4.90 Å². The van der Waals surface area contributed by atoms with Crippen LogP contribution in [0.15, 0.2) is 0 Å². The van der Waals surface area contributed by atoms with Gasteiger partial charge in [0.05, 0.1) is 6.54 Å². The highest BCUT2D eigenvalue weighted by Crippen LogP contribution is 2.29. The Hall–Kier alpha value is -1.59. The largest absolute Gasteiger partial charge is 0.480 e. The van der Waals surface area contributed by atoms with Gasteiger partial charge in [0.25, 0.3) is 0 Å². The van der Waals surface area contributed by atoms with Crippen molar-refractivity contribution in [2.75, 3.05) is 13.1 Å². The van der Waals surface area contributed by atoms with E-state index in [0.29, 0.717) is 12.3 Å². The number of carbonyl (C=O) groups excluding carboxylic acids is 2. The van der Waals surface area contributed by atoms with Crippen molar-refractivity contribution in [2.24, 2.45) is 11.7 Å². The molecule has 16 heavy (non-hydrogen) atoms. The van der Waals surface area contributed by atoms with Gasteiger partial charge in [0.15, 0.2) is 0 Å². The standard InChI is InChI=1S/C10H16N2O4/c11-8(13)5-12(6-10(15)16)9(14)4-7-2-1-3-7/h7H,1-6H2,(H2,11,13)(H,15,16). The lowest BCUT2D eigenvalue weighted by Crippen LogP contribution is -2.42. The van der Waals surface area contributed by atoms with Crippen molar-refractivity contribution < 1.29 is 19.5 Å². The van der Waals surface area contributed by atoms with E-state index in [0.717, 1.165) is 24.2 Å². The second-order valence-electron chi connectivity index (χ2n) is 4.11. The molecule has 6 heteroatoms. The van der Waals surface area contributed by atoms with Crippen LogP contribution in [0.5, 0.6) is 0 Å². The molecule has 0 aliphatic heterocycles. The van der Waals surface area contributed by atoms with Gasteiger partial charge in [-0.3, -0.25) is 14.4 Å². The molecule has 0 aromatic rings. The first kappa shape index (κ1) is 12.5. The summed E-state index contributed by atoms with van der Waals surface area (Å²) in [7, 11) is 0. The highest BCUT2D eigenvalue weighted by Gasteiger charge is 2.25. The van der Waals surface area contributed by atoms with Crippen molar-refractivity contribution in [2.45, 2.75) is 25.7 Å². The zero-order valence-electron chi connectivity index (χ0n) is 9.02. The van der Waals surface area contributed by atoms with Gasteiger partial charge in [0.1, 0.15) is 6.54 Å². The summed E-state index contributed by atoms with van der Waals surface area (Å²) in [6.45, 7) is -0.785. The van der Waals surface area contributed by atoms with Crippen LogP contribution in [-0.4, -0.2) is 40.9 Å². The van der Waals surface area contributed by atoms with Crippen molar-refractivity contribution in [1.29, 1.82) is 0 Å². The number of amides is 2. The van der Waals surface area contributed by atoms with Gasteiger partial charge in [0.2, 0.25) is 11.8 Å². The first-order valence-corrected chi connectivity index (χ1v) is 5.27. The molecule has 1 fully saturated rings.